The van der Waals surface area contributed by atoms with Crippen molar-refractivity contribution in [2.45, 2.75) is 329 Å². The van der Waals surface area contributed by atoms with Crippen molar-refractivity contribution in [3.63, 3.8) is 0 Å². The third-order valence-corrected chi connectivity index (χ3v) is 13.7. The number of rotatable bonds is 57. The molecule has 1 atom stereocenters. The summed E-state index contributed by atoms with van der Waals surface area (Å²) in [6.07, 6.45) is 76.4. The number of carbonyl (C=O) groups is 3. The highest BCUT2D eigenvalue weighted by Gasteiger charge is 2.19. The summed E-state index contributed by atoms with van der Waals surface area (Å²) < 4.78 is 16.9. The van der Waals surface area contributed by atoms with E-state index in [0.717, 1.165) is 83.5 Å². The van der Waals surface area contributed by atoms with Crippen molar-refractivity contribution in [1.29, 1.82) is 0 Å². The smallest absolute Gasteiger partial charge is 0.306 e. The van der Waals surface area contributed by atoms with Crippen LogP contribution in [-0.2, 0) is 28.6 Å². The molecule has 1 unspecified atom stereocenters. The number of carbonyl (C=O) groups excluding carboxylic acids is 3. The van der Waals surface area contributed by atoms with Gasteiger partial charge in [0.25, 0.3) is 0 Å². The van der Waals surface area contributed by atoms with Gasteiger partial charge in [0.15, 0.2) is 6.10 Å². The molecule has 0 aliphatic rings. The summed E-state index contributed by atoms with van der Waals surface area (Å²) in [6, 6.07) is 0. The van der Waals surface area contributed by atoms with Crippen molar-refractivity contribution in [3.05, 3.63) is 60.8 Å². The topological polar surface area (TPSA) is 78.9 Å². The first-order valence-corrected chi connectivity index (χ1v) is 31.3. The van der Waals surface area contributed by atoms with Gasteiger partial charge in [-0.05, 0) is 109 Å². The van der Waals surface area contributed by atoms with Gasteiger partial charge in [-0.15, -0.1) is 0 Å². The lowest BCUT2D eigenvalue weighted by Gasteiger charge is -2.18. The summed E-state index contributed by atoms with van der Waals surface area (Å²) in [5, 5.41) is 0. The van der Waals surface area contributed by atoms with Gasteiger partial charge in [-0.1, -0.05) is 255 Å². The van der Waals surface area contributed by atoms with Crippen molar-refractivity contribution >= 4 is 17.9 Å². The molecule has 0 aliphatic heterocycles. The molecule has 0 aromatic rings. The summed E-state index contributed by atoms with van der Waals surface area (Å²) in [5.74, 6) is -0.886. The van der Waals surface area contributed by atoms with Crippen LogP contribution >= 0.6 is 0 Å². The maximum atomic E-state index is 12.9. The minimum Gasteiger partial charge on any atom is -0.462 e. The van der Waals surface area contributed by atoms with Crippen LogP contribution in [-0.4, -0.2) is 37.2 Å². The quantitative estimate of drug-likeness (QED) is 0.0261. The van der Waals surface area contributed by atoms with Crippen LogP contribution in [0.3, 0.4) is 0 Å². The molecule has 6 heteroatoms. The summed E-state index contributed by atoms with van der Waals surface area (Å²) >= 11 is 0. The number of hydrogen-bond donors (Lipinski definition) is 0. The summed E-state index contributed by atoms with van der Waals surface area (Å²) in [4.78, 5) is 38.3. The molecule has 0 bridgehead atoms. The molecule has 0 spiro atoms. The number of esters is 3. The van der Waals surface area contributed by atoms with Crippen LogP contribution in [0.4, 0.5) is 0 Å². The Bertz CT molecular complexity index is 1290. The van der Waals surface area contributed by atoms with Crippen molar-refractivity contribution in [3.8, 4) is 0 Å². The molecule has 0 heterocycles. The molecule has 0 aromatic heterocycles. The van der Waals surface area contributed by atoms with Gasteiger partial charge in [-0.25, -0.2) is 0 Å². The van der Waals surface area contributed by atoms with Crippen molar-refractivity contribution in [2.75, 3.05) is 13.2 Å². The van der Waals surface area contributed by atoms with Crippen LogP contribution in [0, 0.1) is 0 Å². The Labute approximate surface area is 447 Å². The molecule has 0 aliphatic carbocycles. The first-order valence-electron chi connectivity index (χ1n) is 31.3. The Kier molecular flexibility index (Phi) is 58.2. The van der Waals surface area contributed by atoms with Gasteiger partial charge in [0.05, 0.1) is 0 Å². The number of unbranched alkanes of at least 4 members (excludes halogenated alkanes) is 36. The molecule has 0 amide bonds. The van der Waals surface area contributed by atoms with E-state index in [1.54, 1.807) is 0 Å². The molecule has 0 rings (SSSR count). The molecule has 0 aromatic carbocycles. The minimum absolute atomic E-state index is 0.0811. The normalized spacial score (nSPS) is 12.4. The van der Waals surface area contributed by atoms with E-state index in [4.69, 9.17) is 14.2 Å². The maximum absolute atomic E-state index is 12.9. The fourth-order valence-electron chi connectivity index (χ4n) is 8.97. The number of hydrogen-bond acceptors (Lipinski definition) is 6. The van der Waals surface area contributed by atoms with Gasteiger partial charge >= 0.3 is 17.9 Å². The molecule has 6 nitrogen and oxygen atoms in total. The van der Waals surface area contributed by atoms with E-state index in [2.05, 4.69) is 81.5 Å². The average molecular weight is 1010 g/mol. The summed E-state index contributed by atoms with van der Waals surface area (Å²) in [6.45, 7) is 6.63. The number of allylic oxidation sites excluding steroid dienone is 10. The van der Waals surface area contributed by atoms with Crippen LogP contribution in [0.15, 0.2) is 60.8 Å². The first-order chi connectivity index (χ1) is 35.5. The SMILES string of the molecule is CCCCCCC/C=C\C/C=C\C/C=C\CCCCCCCCCCC(=O)OCC(COC(=O)CCCCCCC/C=C\CCCCCCC)OC(=O)CCCCCCCCC/C=C\CCCCCCCC. The van der Waals surface area contributed by atoms with Crippen LogP contribution in [0.25, 0.3) is 0 Å². The van der Waals surface area contributed by atoms with Crippen LogP contribution < -0.4 is 0 Å². The van der Waals surface area contributed by atoms with E-state index < -0.39 is 6.10 Å². The van der Waals surface area contributed by atoms with E-state index in [9.17, 15) is 14.4 Å². The zero-order chi connectivity index (χ0) is 52.2. The Balaban J connectivity index is 4.35. The standard InChI is InChI=1S/C66H118O6/c1-4-7-10-13-16-19-22-25-28-30-31-32-33-34-35-37-38-41-44-47-50-53-56-59-65(68)71-62-63(61-70-64(67)58-55-52-49-46-43-40-27-24-21-18-15-12-9-6-3)72-66(69)60-57-54-51-48-45-42-39-36-29-26-23-20-17-14-11-8-5-2/h22,24-27,29-31,33-34,63H,4-21,23,28,32,35-62H2,1-3H3/b25-22-,27-24-,29-26-,31-30-,34-33-. The highest BCUT2D eigenvalue weighted by atomic mass is 16.6. The second kappa shape index (κ2) is 60.7. The van der Waals surface area contributed by atoms with Gasteiger partial charge in [-0.3, -0.25) is 14.4 Å². The monoisotopic (exact) mass is 1010 g/mol. The highest BCUT2D eigenvalue weighted by Crippen LogP contribution is 2.16. The summed E-state index contributed by atoms with van der Waals surface area (Å²) in [5.41, 5.74) is 0. The third kappa shape index (κ3) is 58.0. The largest absolute Gasteiger partial charge is 0.462 e. The molecule has 0 radical (unpaired) electrons. The second-order valence-corrected chi connectivity index (χ2v) is 21.0. The fraction of sp³-hybridized carbons (Fsp3) is 0.803. The van der Waals surface area contributed by atoms with Crippen molar-refractivity contribution < 1.29 is 28.6 Å². The predicted molar refractivity (Wildman–Crippen MR) is 312 cm³/mol. The third-order valence-electron chi connectivity index (χ3n) is 13.7. The van der Waals surface area contributed by atoms with E-state index >= 15 is 0 Å². The predicted octanol–water partition coefficient (Wildman–Crippen LogP) is 21.2. The van der Waals surface area contributed by atoms with Gasteiger partial charge in [0.1, 0.15) is 13.2 Å². The van der Waals surface area contributed by atoms with E-state index in [-0.39, 0.29) is 31.1 Å². The zero-order valence-corrected chi connectivity index (χ0v) is 47.9. The minimum atomic E-state index is -0.783. The van der Waals surface area contributed by atoms with Gasteiger partial charge in [0.2, 0.25) is 0 Å². The summed E-state index contributed by atoms with van der Waals surface area (Å²) in [7, 11) is 0. The van der Waals surface area contributed by atoms with E-state index in [0.29, 0.717) is 19.3 Å². The lowest BCUT2D eigenvalue weighted by atomic mass is 10.1. The second-order valence-electron chi connectivity index (χ2n) is 21.0. The van der Waals surface area contributed by atoms with Crippen LogP contribution in [0.1, 0.15) is 323 Å². The Morgan fingerprint density at radius 3 is 0.792 bits per heavy atom. The van der Waals surface area contributed by atoms with E-state index in [1.807, 2.05) is 0 Å². The molecule has 0 N–H and O–H groups in total. The molecule has 0 saturated heterocycles. The lowest BCUT2D eigenvalue weighted by Crippen LogP contribution is -2.30. The fourth-order valence-corrected chi connectivity index (χ4v) is 8.97. The molecule has 0 saturated carbocycles. The average Bonchev–Trinajstić information content (AvgIpc) is 3.38. The molecule has 418 valence electrons. The van der Waals surface area contributed by atoms with Gasteiger partial charge < -0.3 is 14.2 Å². The van der Waals surface area contributed by atoms with Gasteiger partial charge in [-0.2, -0.15) is 0 Å². The molecular formula is C66H118O6. The Morgan fingerprint density at radius 1 is 0.278 bits per heavy atom. The molecule has 0 fully saturated rings. The Hall–Kier alpha value is -2.89. The van der Waals surface area contributed by atoms with Crippen molar-refractivity contribution in [1.82, 2.24) is 0 Å². The van der Waals surface area contributed by atoms with E-state index in [1.165, 1.54) is 199 Å². The maximum Gasteiger partial charge on any atom is 0.306 e. The number of ether oxygens (including phenoxy) is 3. The first kappa shape index (κ1) is 69.1. The lowest BCUT2D eigenvalue weighted by molar-refractivity contribution is -0.167. The van der Waals surface area contributed by atoms with Crippen LogP contribution in [0.2, 0.25) is 0 Å². The zero-order valence-electron chi connectivity index (χ0n) is 47.9. The molecular weight excluding hydrogens is 889 g/mol. The van der Waals surface area contributed by atoms with Gasteiger partial charge in [0, 0.05) is 19.3 Å². The molecule has 72 heavy (non-hydrogen) atoms. The Morgan fingerprint density at radius 2 is 0.500 bits per heavy atom. The highest BCUT2D eigenvalue weighted by molar-refractivity contribution is 5.71. The van der Waals surface area contributed by atoms with Crippen LogP contribution in [0.5, 0.6) is 0 Å². The van der Waals surface area contributed by atoms with Crippen molar-refractivity contribution in [2.24, 2.45) is 0 Å².